The monoisotopic (exact) mass is 449 g/mol. The van der Waals surface area contributed by atoms with Gasteiger partial charge in [0.1, 0.15) is 11.5 Å². The maximum atomic E-state index is 11.0. The molecule has 1 aliphatic rings. The minimum absolute atomic E-state index is 0.0487. The van der Waals surface area contributed by atoms with Crippen molar-refractivity contribution in [1.82, 2.24) is 20.1 Å². The van der Waals surface area contributed by atoms with Crippen LogP contribution >= 0.6 is 0 Å². The number of rotatable bonds is 7. The van der Waals surface area contributed by atoms with Crippen molar-refractivity contribution in [2.45, 2.75) is 26.5 Å². The Kier molecular flexibility index (Phi) is 6.69. The molecule has 2 aromatic heterocycles. The summed E-state index contributed by atoms with van der Waals surface area (Å²) in [6, 6.07) is 11.0. The first-order valence-corrected chi connectivity index (χ1v) is 10.9. The highest BCUT2D eigenvalue weighted by molar-refractivity contribution is 5.85. The fourth-order valence-electron chi connectivity index (χ4n) is 3.85. The molecule has 3 aromatic rings. The number of aromatic nitrogens is 3. The summed E-state index contributed by atoms with van der Waals surface area (Å²) in [6.07, 6.45) is 3.19. The molecule has 0 unspecified atom stereocenters. The largest absolute Gasteiger partial charge is 0.506 e. The van der Waals surface area contributed by atoms with Crippen molar-refractivity contribution < 1.29 is 19.7 Å². The van der Waals surface area contributed by atoms with E-state index in [-0.39, 0.29) is 17.5 Å². The van der Waals surface area contributed by atoms with Crippen molar-refractivity contribution in [2.75, 3.05) is 31.1 Å². The molecular weight excluding hydrogens is 422 g/mol. The predicted molar refractivity (Wildman–Crippen MR) is 124 cm³/mol. The number of nitrogens with zero attached hydrogens (tertiary/aromatic N) is 5. The van der Waals surface area contributed by atoms with E-state index < -0.39 is 5.97 Å². The topological polar surface area (TPSA) is 112 Å². The van der Waals surface area contributed by atoms with Gasteiger partial charge in [-0.25, -0.2) is 4.79 Å². The molecule has 1 fully saturated rings. The van der Waals surface area contributed by atoms with Crippen molar-refractivity contribution in [3.05, 3.63) is 60.0 Å². The maximum absolute atomic E-state index is 11.0. The van der Waals surface area contributed by atoms with Gasteiger partial charge in [0.15, 0.2) is 11.5 Å². The van der Waals surface area contributed by atoms with E-state index in [1.165, 1.54) is 12.3 Å². The second kappa shape index (κ2) is 9.83. The van der Waals surface area contributed by atoms with Gasteiger partial charge in [-0.2, -0.15) is 0 Å². The minimum Gasteiger partial charge on any atom is -0.506 e. The van der Waals surface area contributed by atoms with Gasteiger partial charge in [-0.15, -0.1) is 10.2 Å². The average Bonchev–Trinajstić information content (AvgIpc) is 2.79. The molecule has 2 N–H and O–H groups in total. The zero-order chi connectivity index (χ0) is 23.4. The van der Waals surface area contributed by atoms with Gasteiger partial charge < -0.3 is 19.8 Å². The first-order chi connectivity index (χ1) is 15.9. The summed E-state index contributed by atoms with van der Waals surface area (Å²) in [7, 11) is 0. The smallest absolute Gasteiger partial charge is 0.356 e. The molecule has 1 aliphatic heterocycles. The van der Waals surface area contributed by atoms with Gasteiger partial charge in [0.05, 0.1) is 12.3 Å². The summed E-state index contributed by atoms with van der Waals surface area (Å²) in [4.78, 5) is 19.5. The van der Waals surface area contributed by atoms with E-state index in [0.29, 0.717) is 5.82 Å². The average molecular weight is 450 g/mol. The van der Waals surface area contributed by atoms with Crippen LogP contribution in [0.3, 0.4) is 0 Å². The molecule has 3 heterocycles. The summed E-state index contributed by atoms with van der Waals surface area (Å²) in [5, 5.41) is 26.7. The molecule has 0 amide bonds. The second-order valence-corrected chi connectivity index (χ2v) is 8.31. The van der Waals surface area contributed by atoms with Gasteiger partial charge in [0.2, 0.25) is 0 Å². The Hall–Kier alpha value is -3.72. The highest BCUT2D eigenvalue weighted by Crippen LogP contribution is 2.29. The number of piperazine rings is 1. The molecule has 0 atom stereocenters. The number of benzene rings is 1. The van der Waals surface area contributed by atoms with E-state index in [0.717, 1.165) is 55.2 Å². The van der Waals surface area contributed by atoms with E-state index in [9.17, 15) is 9.90 Å². The van der Waals surface area contributed by atoms with E-state index >= 15 is 0 Å². The molecule has 0 spiro atoms. The lowest BCUT2D eigenvalue weighted by atomic mass is 10.0. The van der Waals surface area contributed by atoms with Crippen LogP contribution < -0.4 is 9.64 Å². The van der Waals surface area contributed by atoms with E-state index in [1.807, 2.05) is 19.9 Å². The molecule has 1 aromatic carbocycles. The number of aromatic hydroxyl groups is 1. The van der Waals surface area contributed by atoms with Gasteiger partial charge in [0, 0.05) is 44.5 Å². The molecule has 0 radical (unpaired) electrons. The Bertz CT molecular complexity index is 1110. The van der Waals surface area contributed by atoms with E-state index in [4.69, 9.17) is 9.84 Å². The fourth-order valence-corrected chi connectivity index (χ4v) is 3.85. The number of carbonyl (C=O) groups is 1. The van der Waals surface area contributed by atoms with Gasteiger partial charge in [0.25, 0.3) is 0 Å². The summed E-state index contributed by atoms with van der Waals surface area (Å²) in [5.74, 6) is 0.516. The lowest BCUT2D eigenvalue weighted by Gasteiger charge is -2.35. The van der Waals surface area contributed by atoms with Crippen LogP contribution in [0, 0.1) is 0 Å². The molecule has 9 heteroatoms. The van der Waals surface area contributed by atoms with Crippen LogP contribution in [0.1, 0.15) is 29.9 Å². The van der Waals surface area contributed by atoms with Crippen molar-refractivity contribution >= 4 is 11.8 Å². The summed E-state index contributed by atoms with van der Waals surface area (Å²) in [6.45, 7) is 7.95. The van der Waals surface area contributed by atoms with E-state index in [2.05, 4.69) is 37.1 Å². The maximum Gasteiger partial charge on any atom is 0.356 e. The van der Waals surface area contributed by atoms with Crippen molar-refractivity contribution in [1.29, 1.82) is 0 Å². The minimum atomic E-state index is -1.08. The van der Waals surface area contributed by atoms with Gasteiger partial charge >= 0.3 is 5.97 Å². The van der Waals surface area contributed by atoms with Crippen molar-refractivity contribution in [3.8, 4) is 22.6 Å². The lowest BCUT2D eigenvalue weighted by Crippen LogP contribution is -2.46. The number of carboxylic acids is 1. The van der Waals surface area contributed by atoms with Gasteiger partial charge in [-0.05, 0) is 61.4 Å². The van der Waals surface area contributed by atoms with Crippen LogP contribution in [0.2, 0.25) is 0 Å². The Balaban J connectivity index is 1.46. The second-order valence-electron chi connectivity index (χ2n) is 8.31. The summed E-state index contributed by atoms with van der Waals surface area (Å²) in [5.41, 5.74) is 2.84. The van der Waals surface area contributed by atoms with Crippen LogP contribution in [0.4, 0.5) is 5.82 Å². The SMILES string of the molecule is CC(C)Oc1cc(CN2CCN(c3ccc(C(=O)O)nn3)CC2)cc(-c2cncc(O)c2)c1. The third-order valence-corrected chi connectivity index (χ3v) is 5.37. The van der Waals surface area contributed by atoms with Crippen molar-refractivity contribution in [2.24, 2.45) is 0 Å². The number of aromatic carboxylic acids is 1. The predicted octanol–water partition coefficient (Wildman–Crippen LogP) is 3.05. The van der Waals surface area contributed by atoms with Crippen LogP contribution in [-0.4, -0.2) is 68.5 Å². The Morgan fingerprint density at radius 2 is 1.82 bits per heavy atom. The molecule has 0 saturated carbocycles. The normalized spacial score (nSPS) is 14.5. The summed E-state index contributed by atoms with van der Waals surface area (Å²) >= 11 is 0. The standard InChI is InChI=1S/C24H27N5O4/c1-16(2)33-21-10-17(9-18(12-21)19-11-20(30)14-25-13-19)15-28-5-7-29(8-6-28)23-4-3-22(24(31)32)26-27-23/h3-4,9-14,16,30H,5-8,15H2,1-2H3,(H,31,32). The summed E-state index contributed by atoms with van der Waals surface area (Å²) < 4.78 is 5.97. The van der Waals surface area contributed by atoms with Crippen LogP contribution in [0.5, 0.6) is 11.5 Å². The molecule has 4 rings (SSSR count). The zero-order valence-corrected chi connectivity index (χ0v) is 18.7. The molecule has 1 saturated heterocycles. The highest BCUT2D eigenvalue weighted by Gasteiger charge is 2.20. The zero-order valence-electron chi connectivity index (χ0n) is 18.7. The number of ether oxygens (including phenoxy) is 1. The number of carboxylic acid groups (broad SMARTS) is 1. The Morgan fingerprint density at radius 3 is 2.45 bits per heavy atom. The first kappa shape index (κ1) is 22.5. The van der Waals surface area contributed by atoms with E-state index in [1.54, 1.807) is 18.3 Å². The van der Waals surface area contributed by atoms with Gasteiger partial charge in [-0.3, -0.25) is 9.88 Å². The van der Waals surface area contributed by atoms with Crippen molar-refractivity contribution in [3.63, 3.8) is 0 Å². The number of anilines is 1. The number of hydrogen-bond donors (Lipinski definition) is 2. The Labute approximate surface area is 192 Å². The van der Waals surface area contributed by atoms with Gasteiger partial charge in [-0.1, -0.05) is 0 Å². The quantitative estimate of drug-likeness (QED) is 0.562. The number of hydrogen-bond acceptors (Lipinski definition) is 8. The molecule has 172 valence electrons. The lowest BCUT2D eigenvalue weighted by molar-refractivity contribution is 0.0689. The van der Waals surface area contributed by atoms with Crippen LogP contribution in [0.15, 0.2) is 48.8 Å². The third kappa shape index (κ3) is 5.75. The molecule has 0 aliphatic carbocycles. The third-order valence-electron chi connectivity index (χ3n) is 5.37. The molecular formula is C24H27N5O4. The van der Waals surface area contributed by atoms with Crippen LogP contribution in [0.25, 0.3) is 11.1 Å². The fraction of sp³-hybridized carbons (Fsp3) is 0.333. The molecule has 9 nitrogen and oxygen atoms in total. The molecule has 33 heavy (non-hydrogen) atoms. The number of pyridine rings is 1. The molecule has 0 bridgehead atoms. The first-order valence-electron chi connectivity index (χ1n) is 10.9. The van der Waals surface area contributed by atoms with Crippen LogP contribution in [-0.2, 0) is 6.54 Å². The highest BCUT2D eigenvalue weighted by atomic mass is 16.5. The Morgan fingerprint density at radius 1 is 1.03 bits per heavy atom.